The zero-order valence-electron chi connectivity index (χ0n) is 15.4. The first-order chi connectivity index (χ1) is 12.6. The minimum atomic E-state index is -0.698. The standard InChI is InChI=1S/C24H24F2/c1-3-17-5-10-20(11-6-17)21-12-7-18(8-13-21)9-14-22-16-15-19(4-2)23(25)24(22)26/h5-8,10-13,15-16H,3-4,9,14H2,1-2H3. The van der Waals surface area contributed by atoms with Crippen LogP contribution in [0.2, 0.25) is 0 Å². The molecule has 0 atom stereocenters. The lowest BCUT2D eigenvalue weighted by Crippen LogP contribution is -2.01. The highest BCUT2D eigenvalue weighted by Crippen LogP contribution is 2.22. The van der Waals surface area contributed by atoms with E-state index in [0.29, 0.717) is 30.4 Å². The van der Waals surface area contributed by atoms with Gasteiger partial charge in [-0.2, -0.15) is 0 Å². The Morgan fingerprint density at radius 1 is 0.538 bits per heavy atom. The quantitative estimate of drug-likeness (QED) is 0.473. The lowest BCUT2D eigenvalue weighted by Gasteiger charge is -2.08. The van der Waals surface area contributed by atoms with Crippen molar-refractivity contribution in [2.45, 2.75) is 39.5 Å². The normalized spacial score (nSPS) is 10.9. The zero-order valence-corrected chi connectivity index (χ0v) is 15.4. The highest BCUT2D eigenvalue weighted by atomic mass is 19.2. The molecule has 0 radical (unpaired) electrons. The third kappa shape index (κ3) is 4.01. The lowest BCUT2D eigenvalue weighted by atomic mass is 9.98. The molecule has 3 aromatic carbocycles. The molecule has 0 nitrogen and oxygen atoms in total. The average Bonchev–Trinajstić information content (AvgIpc) is 2.70. The molecular formula is C24H24F2. The Labute approximate surface area is 154 Å². The van der Waals surface area contributed by atoms with Crippen LogP contribution in [0, 0.1) is 11.6 Å². The van der Waals surface area contributed by atoms with Gasteiger partial charge in [0, 0.05) is 0 Å². The van der Waals surface area contributed by atoms with E-state index in [2.05, 4.69) is 55.5 Å². The van der Waals surface area contributed by atoms with Gasteiger partial charge in [0.1, 0.15) is 0 Å². The summed E-state index contributed by atoms with van der Waals surface area (Å²) in [6.07, 6.45) is 2.73. The largest absolute Gasteiger partial charge is 0.203 e. The molecule has 0 spiro atoms. The summed E-state index contributed by atoms with van der Waals surface area (Å²) >= 11 is 0. The molecule has 0 aliphatic carbocycles. The van der Waals surface area contributed by atoms with E-state index in [9.17, 15) is 8.78 Å². The molecule has 0 saturated carbocycles. The van der Waals surface area contributed by atoms with Crippen molar-refractivity contribution in [1.29, 1.82) is 0 Å². The Kier molecular flexibility index (Phi) is 5.82. The van der Waals surface area contributed by atoms with Gasteiger partial charge in [0.05, 0.1) is 0 Å². The Hall–Kier alpha value is -2.48. The van der Waals surface area contributed by atoms with Crippen LogP contribution in [0.25, 0.3) is 11.1 Å². The fourth-order valence-corrected chi connectivity index (χ4v) is 3.17. The van der Waals surface area contributed by atoms with Crippen molar-refractivity contribution in [3.05, 3.63) is 94.6 Å². The first kappa shape index (κ1) is 18.3. The molecule has 0 amide bonds. The zero-order chi connectivity index (χ0) is 18.5. The molecule has 0 heterocycles. The van der Waals surface area contributed by atoms with Gasteiger partial charge >= 0.3 is 0 Å². The van der Waals surface area contributed by atoms with Gasteiger partial charge in [-0.25, -0.2) is 8.78 Å². The van der Waals surface area contributed by atoms with E-state index in [1.165, 1.54) is 16.7 Å². The predicted molar refractivity (Wildman–Crippen MR) is 104 cm³/mol. The molecule has 0 unspecified atom stereocenters. The van der Waals surface area contributed by atoms with Crippen molar-refractivity contribution in [2.75, 3.05) is 0 Å². The van der Waals surface area contributed by atoms with E-state index >= 15 is 0 Å². The molecule has 0 aliphatic heterocycles. The maximum atomic E-state index is 14.1. The van der Waals surface area contributed by atoms with Crippen LogP contribution in [0.3, 0.4) is 0 Å². The monoisotopic (exact) mass is 350 g/mol. The second kappa shape index (κ2) is 8.27. The van der Waals surface area contributed by atoms with Gasteiger partial charge in [0.2, 0.25) is 0 Å². The minimum absolute atomic E-state index is 0.435. The van der Waals surface area contributed by atoms with Crippen LogP contribution in [0.4, 0.5) is 8.78 Å². The number of benzene rings is 3. The molecule has 0 aromatic heterocycles. The first-order valence-electron chi connectivity index (χ1n) is 9.26. The van der Waals surface area contributed by atoms with Gasteiger partial charge in [0.15, 0.2) is 11.6 Å². The summed E-state index contributed by atoms with van der Waals surface area (Å²) in [4.78, 5) is 0. The van der Waals surface area contributed by atoms with E-state index in [4.69, 9.17) is 0 Å². The summed E-state index contributed by atoms with van der Waals surface area (Å²) in [7, 11) is 0. The van der Waals surface area contributed by atoms with E-state index in [0.717, 1.165) is 12.0 Å². The van der Waals surface area contributed by atoms with Gasteiger partial charge < -0.3 is 0 Å². The molecule has 3 rings (SSSR count). The Balaban J connectivity index is 1.69. The molecule has 0 bridgehead atoms. The van der Waals surface area contributed by atoms with Gasteiger partial charge in [-0.3, -0.25) is 0 Å². The molecule has 0 saturated heterocycles. The van der Waals surface area contributed by atoms with Crippen molar-refractivity contribution >= 4 is 0 Å². The lowest BCUT2D eigenvalue weighted by molar-refractivity contribution is 0.490. The van der Waals surface area contributed by atoms with Crippen LogP contribution < -0.4 is 0 Å². The van der Waals surface area contributed by atoms with Crippen molar-refractivity contribution in [3.8, 4) is 11.1 Å². The number of aryl methyl sites for hydroxylation is 4. The number of halogens is 2. The van der Waals surface area contributed by atoms with Gasteiger partial charge in [0.25, 0.3) is 0 Å². The summed E-state index contributed by atoms with van der Waals surface area (Å²) in [5.74, 6) is -1.40. The summed E-state index contributed by atoms with van der Waals surface area (Å²) < 4.78 is 28.0. The van der Waals surface area contributed by atoms with Crippen molar-refractivity contribution in [3.63, 3.8) is 0 Å². The van der Waals surface area contributed by atoms with E-state index in [-0.39, 0.29) is 0 Å². The van der Waals surface area contributed by atoms with Gasteiger partial charge in [-0.1, -0.05) is 74.5 Å². The van der Waals surface area contributed by atoms with E-state index in [1.807, 2.05) is 6.92 Å². The third-order valence-electron chi connectivity index (χ3n) is 4.96. The third-order valence-corrected chi connectivity index (χ3v) is 4.96. The van der Waals surface area contributed by atoms with E-state index < -0.39 is 11.6 Å². The average molecular weight is 350 g/mol. The highest BCUT2D eigenvalue weighted by molar-refractivity contribution is 5.64. The Morgan fingerprint density at radius 2 is 1.04 bits per heavy atom. The summed E-state index contributed by atoms with van der Waals surface area (Å²) in [6.45, 7) is 3.98. The number of hydrogen-bond acceptors (Lipinski definition) is 0. The van der Waals surface area contributed by atoms with E-state index in [1.54, 1.807) is 12.1 Å². The predicted octanol–water partition coefficient (Wildman–Crippen LogP) is 6.54. The second-order valence-corrected chi connectivity index (χ2v) is 6.61. The molecule has 3 aromatic rings. The SMILES string of the molecule is CCc1ccc(-c2ccc(CCc3ccc(CC)c(F)c3F)cc2)cc1. The number of hydrogen-bond donors (Lipinski definition) is 0. The molecule has 0 fully saturated rings. The Morgan fingerprint density at radius 3 is 1.58 bits per heavy atom. The van der Waals surface area contributed by atoms with Crippen molar-refractivity contribution in [1.82, 2.24) is 0 Å². The fraction of sp³-hybridized carbons (Fsp3) is 0.250. The summed E-state index contributed by atoms with van der Waals surface area (Å²) in [5.41, 5.74) is 5.69. The minimum Gasteiger partial charge on any atom is -0.203 e. The van der Waals surface area contributed by atoms with Crippen LogP contribution in [0.15, 0.2) is 60.7 Å². The van der Waals surface area contributed by atoms with Crippen LogP contribution in [-0.4, -0.2) is 0 Å². The molecule has 26 heavy (non-hydrogen) atoms. The van der Waals surface area contributed by atoms with Crippen molar-refractivity contribution in [2.24, 2.45) is 0 Å². The number of rotatable bonds is 6. The topological polar surface area (TPSA) is 0 Å². The van der Waals surface area contributed by atoms with Gasteiger partial charge in [-0.05, 0) is 59.1 Å². The second-order valence-electron chi connectivity index (χ2n) is 6.61. The van der Waals surface area contributed by atoms with Crippen LogP contribution in [-0.2, 0) is 25.7 Å². The smallest absolute Gasteiger partial charge is 0.162 e. The van der Waals surface area contributed by atoms with Crippen molar-refractivity contribution < 1.29 is 8.78 Å². The van der Waals surface area contributed by atoms with Crippen LogP contribution >= 0.6 is 0 Å². The molecule has 134 valence electrons. The summed E-state index contributed by atoms with van der Waals surface area (Å²) in [6, 6.07) is 20.3. The highest BCUT2D eigenvalue weighted by Gasteiger charge is 2.12. The summed E-state index contributed by atoms with van der Waals surface area (Å²) in [5, 5.41) is 0. The molecular weight excluding hydrogens is 326 g/mol. The van der Waals surface area contributed by atoms with Gasteiger partial charge in [-0.15, -0.1) is 0 Å². The maximum absolute atomic E-state index is 14.1. The fourth-order valence-electron chi connectivity index (χ4n) is 3.17. The molecule has 0 N–H and O–H groups in total. The van der Waals surface area contributed by atoms with Crippen LogP contribution in [0.5, 0.6) is 0 Å². The Bertz CT molecular complexity index is 862. The maximum Gasteiger partial charge on any atom is 0.162 e. The van der Waals surface area contributed by atoms with Crippen LogP contribution in [0.1, 0.15) is 36.1 Å². The first-order valence-corrected chi connectivity index (χ1v) is 9.26. The molecule has 2 heteroatoms. The molecule has 0 aliphatic rings.